The zero-order valence-corrected chi connectivity index (χ0v) is 10.5. The molecule has 90 valence electrons. The number of benzene rings is 1. The van der Waals surface area contributed by atoms with Gasteiger partial charge in [0, 0.05) is 6.04 Å². The Kier molecular flexibility index (Phi) is 2.87. The van der Waals surface area contributed by atoms with E-state index in [4.69, 9.17) is 0 Å². The van der Waals surface area contributed by atoms with E-state index in [9.17, 15) is 0 Å². The maximum absolute atomic E-state index is 4.68. The van der Waals surface area contributed by atoms with Gasteiger partial charge in [0.1, 0.15) is 5.82 Å². The summed E-state index contributed by atoms with van der Waals surface area (Å²) < 4.78 is 2.47. The Bertz CT molecular complexity index is 505. The topological polar surface area (TPSA) is 17.8 Å². The number of para-hydroxylation sites is 2. The van der Waals surface area contributed by atoms with Crippen LogP contribution in [0, 0.1) is 6.92 Å². The van der Waals surface area contributed by atoms with Gasteiger partial charge in [-0.1, -0.05) is 37.8 Å². The van der Waals surface area contributed by atoms with Gasteiger partial charge >= 0.3 is 0 Å². The molecule has 1 heterocycles. The number of rotatable bonds is 1. The number of hydrogen-bond donors (Lipinski definition) is 0. The van der Waals surface area contributed by atoms with E-state index in [1.807, 2.05) is 0 Å². The summed E-state index contributed by atoms with van der Waals surface area (Å²) in [7, 11) is 0. The number of fused-ring (bicyclic) bond motifs is 1. The van der Waals surface area contributed by atoms with Gasteiger partial charge in [-0.15, -0.1) is 0 Å². The van der Waals surface area contributed by atoms with Crippen LogP contribution in [-0.4, -0.2) is 9.55 Å². The number of hydrogen-bond acceptors (Lipinski definition) is 1. The molecule has 2 nitrogen and oxygen atoms in total. The first-order chi connectivity index (χ1) is 8.36. The molecule has 0 spiro atoms. The number of nitrogens with zero attached hydrogens (tertiary/aromatic N) is 2. The summed E-state index contributed by atoms with van der Waals surface area (Å²) in [6.07, 6.45) is 8.19. The van der Waals surface area contributed by atoms with Crippen LogP contribution in [0.25, 0.3) is 11.0 Å². The van der Waals surface area contributed by atoms with E-state index in [0.717, 1.165) is 5.52 Å². The van der Waals surface area contributed by atoms with E-state index in [-0.39, 0.29) is 0 Å². The molecular weight excluding hydrogens is 208 g/mol. The third kappa shape index (κ3) is 1.97. The quantitative estimate of drug-likeness (QED) is 0.667. The summed E-state index contributed by atoms with van der Waals surface area (Å²) >= 11 is 0. The number of aryl methyl sites for hydroxylation is 1. The Hall–Kier alpha value is -1.31. The highest BCUT2D eigenvalue weighted by Crippen LogP contribution is 2.31. The molecule has 0 atom stereocenters. The van der Waals surface area contributed by atoms with Crippen molar-refractivity contribution in [2.24, 2.45) is 0 Å². The molecule has 0 amide bonds. The lowest BCUT2D eigenvalue weighted by molar-refractivity contribution is 0.446. The van der Waals surface area contributed by atoms with Crippen LogP contribution in [-0.2, 0) is 0 Å². The van der Waals surface area contributed by atoms with Gasteiger partial charge in [0.15, 0.2) is 0 Å². The minimum atomic E-state index is 0.671. The van der Waals surface area contributed by atoms with Crippen molar-refractivity contribution < 1.29 is 0 Å². The minimum Gasteiger partial charge on any atom is -0.325 e. The van der Waals surface area contributed by atoms with E-state index < -0.39 is 0 Å². The summed E-state index contributed by atoms with van der Waals surface area (Å²) in [4.78, 5) is 4.68. The van der Waals surface area contributed by atoms with Gasteiger partial charge in [-0.2, -0.15) is 0 Å². The lowest BCUT2D eigenvalue weighted by atomic mass is 10.1. The van der Waals surface area contributed by atoms with Gasteiger partial charge in [-0.05, 0) is 31.9 Å². The van der Waals surface area contributed by atoms with Crippen molar-refractivity contribution in [2.75, 3.05) is 0 Å². The van der Waals surface area contributed by atoms with Crippen LogP contribution in [0.3, 0.4) is 0 Å². The van der Waals surface area contributed by atoms with Crippen molar-refractivity contribution in [3.05, 3.63) is 30.1 Å². The molecule has 1 aliphatic rings. The predicted octanol–water partition coefficient (Wildman–Crippen LogP) is 4.24. The van der Waals surface area contributed by atoms with Crippen molar-refractivity contribution in [3.63, 3.8) is 0 Å². The lowest BCUT2D eigenvalue weighted by Gasteiger charge is -2.18. The maximum Gasteiger partial charge on any atom is 0.106 e. The highest BCUT2D eigenvalue weighted by molar-refractivity contribution is 5.76. The van der Waals surface area contributed by atoms with Crippen molar-refractivity contribution in [1.82, 2.24) is 9.55 Å². The average molecular weight is 228 g/mol. The molecule has 0 aliphatic heterocycles. The summed E-state index contributed by atoms with van der Waals surface area (Å²) in [5, 5.41) is 0. The van der Waals surface area contributed by atoms with Crippen LogP contribution >= 0.6 is 0 Å². The van der Waals surface area contributed by atoms with Gasteiger partial charge in [0.25, 0.3) is 0 Å². The van der Waals surface area contributed by atoms with Crippen LogP contribution < -0.4 is 0 Å². The van der Waals surface area contributed by atoms with E-state index in [0.29, 0.717) is 6.04 Å². The zero-order chi connectivity index (χ0) is 11.7. The van der Waals surface area contributed by atoms with Crippen LogP contribution in [0.2, 0.25) is 0 Å². The first-order valence-corrected chi connectivity index (χ1v) is 6.80. The maximum atomic E-state index is 4.68. The predicted molar refractivity (Wildman–Crippen MR) is 71.2 cm³/mol. The van der Waals surface area contributed by atoms with Crippen LogP contribution in [0.15, 0.2) is 24.3 Å². The van der Waals surface area contributed by atoms with Crippen molar-refractivity contribution in [2.45, 2.75) is 51.5 Å². The Morgan fingerprint density at radius 2 is 1.76 bits per heavy atom. The van der Waals surface area contributed by atoms with Crippen LogP contribution in [0.5, 0.6) is 0 Å². The molecule has 1 saturated carbocycles. The molecular formula is C15H20N2. The Labute approximate surface area is 103 Å². The van der Waals surface area contributed by atoms with Crippen molar-refractivity contribution in [3.8, 4) is 0 Å². The molecule has 17 heavy (non-hydrogen) atoms. The van der Waals surface area contributed by atoms with Gasteiger partial charge in [-0.3, -0.25) is 0 Å². The molecule has 0 N–H and O–H groups in total. The third-order valence-electron chi connectivity index (χ3n) is 3.96. The SMILES string of the molecule is Cc1nc2ccccc2n1C1CCCCCC1. The summed E-state index contributed by atoms with van der Waals surface area (Å²) in [5.74, 6) is 1.18. The summed E-state index contributed by atoms with van der Waals surface area (Å²) in [6, 6.07) is 9.20. The van der Waals surface area contributed by atoms with E-state index in [1.54, 1.807) is 0 Å². The Morgan fingerprint density at radius 3 is 2.53 bits per heavy atom. The molecule has 1 aliphatic carbocycles. The van der Waals surface area contributed by atoms with E-state index in [2.05, 4.69) is 40.7 Å². The highest BCUT2D eigenvalue weighted by atomic mass is 15.1. The molecule has 3 rings (SSSR count). The zero-order valence-electron chi connectivity index (χ0n) is 10.5. The Morgan fingerprint density at radius 1 is 1.06 bits per heavy atom. The van der Waals surface area contributed by atoms with Gasteiger partial charge in [0.2, 0.25) is 0 Å². The molecule has 1 aromatic carbocycles. The third-order valence-corrected chi connectivity index (χ3v) is 3.96. The first kappa shape index (κ1) is 10.8. The fourth-order valence-corrected chi connectivity index (χ4v) is 3.14. The molecule has 2 heteroatoms. The fraction of sp³-hybridized carbons (Fsp3) is 0.533. The molecule has 1 fully saturated rings. The van der Waals surface area contributed by atoms with Gasteiger partial charge in [-0.25, -0.2) is 4.98 Å². The second-order valence-electron chi connectivity index (χ2n) is 5.16. The minimum absolute atomic E-state index is 0.671. The number of aromatic nitrogens is 2. The summed E-state index contributed by atoms with van der Waals surface area (Å²) in [5.41, 5.74) is 2.46. The highest BCUT2D eigenvalue weighted by Gasteiger charge is 2.18. The first-order valence-electron chi connectivity index (χ1n) is 6.80. The Balaban J connectivity index is 2.05. The number of imidazole rings is 1. The largest absolute Gasteiger partial charge is 0.325 e. The van der Waals surface area contributed by atoms with Gasteiger partial charge in [0.05, 0.1) is 11.0 Å². The van der Waals surface area contributed by atoms with E-state index in [1.165, 1.54) is 49.9 Å². The smallest absolute Gasteiger partial charge is 0.106 e. The second kappa shape index (κ2) is 4.52. The fourth-order valence-electron chi connectivity index (χ4n) is 3.14. The monoisotopic (exact) mass is 228 g/mol. The van der Waals surface area contributed by atoms with Crippen LogP contribution in [0.4, 0.5) is 0 Å². The van der Waals surface area contributed by atoms with Crippen LogP contribution in [0.1, 0.15) is 50.4 Å². The molecule has 0 bridgehead atoms. The lowest BCUT2D eigenvalue weighted by Crippen LogP contribution is -2.09. The normalized spacial score (nSPS) is 18.4. The van der Waals surface area contributed by atoms with Gasteiger partial charge < -0.3 is 4.57 Å². The summed E-state index contributed by atoms with van der Waals surface area (Å²) in [6.45, 7) is 2.14. The van der Waals surface area contributed by atoms with Crippen molar-refractivity contribution >= 4 is 11.0 Å². The average Bonchev–Trinajstić information content (AvgIpc) is 2.53. The molecule has 0 unspecified atom stereocenters. The standard InChI is InChI=1S/C15H20N2/c1-12-16-14-10-6-7-11-15(14)17(12)13-8-4-2-3-5-9-13/h6-7,10-11,13H,2-5,8-9H2,1H3. The molecule has 0 saturated heterocycles. The van der Waals surface area contributed by atoms with E-state index >= 15 is 0 Å². The second-order valence-corrected chi connectivity index (χ2v) is 5.16. The molecule has 0 radical (unpaired) electrons. The molecule has 1 aromatic heterocycles. The molecule has 2 aromatic rings. The van der Waals surface area contributed by atoms with Crippen molar-refractivity contribution in [1.29, 1.82) is 0 Å².